The molecule has 16 heavy (non-hydrogen) atoms. The summed E-state index contributed by atoms with van der Waals surface area (Å²) < 4.78 is 27.7. The SMILES string of the molecule is O=S(=O)(Nc1ccccc1I)C1CCCC1. The van der Waals surface area contributed by atoms with Gasteiger partial charge >= 0.3 is 0 Å². The van der Waals surface area contributed by atoms with E-state index >= 15 is 0 Å². The van der Waals surface area contributed by atoms with Gasteiger partial charge in [0.25, 0.3) is 0 Å². The molecule has 0 atom stereocenters. The lowest BCUT2D eigenvalue weighted by Crippen LogP contribution is -2.25. The molecule has 3 nitrogen and oxygen atoms in total. The fraction of sp³-hybridized carbons (Fsp3) is 0.455. The molecule has 0 unspecified atom stereocenters. The fourth-order valence-electron chi connectivity index (χ4n) is 1.98. The molecule has 1 aromatic carbocycles. The predicted octanol–water partition coefficient (Wildman–Crippen LogP) is 2.98. The lowest BCUT2D eigenvalue weighted by molar-refractivity contribution is 0.585. The highest BCUT2D eigenvalue weighted by Crippen LogP contribution is 2.27. The second-order valence-corrected chi connectivity index (χ2v) is 7.16. The Bertz CT molecular complexity index is 467. The maximum Gasteiger partial charge on any atom is 0.235 e. The van der Waals surface area contributed by atoms with Crippen LogP contribution in [-0.2, 0) is 10.0 Å². The average Bonchev–Trinajstić information content (AvgIpc) is 2.75. The van der Waals surface area contributed by atoms with Gasteiger partial charge in [-0.1, -0.05) is 25.0 Å². The Morgan fingerprint density at radius 1 is 1.19 bits per heavy atom. The minimum atomic E-state index is -3.19. The zero-order valence-electron chi connectivity index (χ0n) is 8.82. The standard InChI is InChI=1S/C11H14INO2S/c12-10-7-3-4-8-11(10)13-16(14,15)9-5-1-2-6-9/h3-4,7-9,13H,1-2,5-6H2. The fourth-order valence-corrected chi connectivity index (χ4v) is 4.29. The van der Waals surface area contributed by atoms with Crippen molar-refractivity contribution in [2.24, 2.45) is 0 Å². The largest absolute Gasteiger partial charge is 0.282 e. The van der Waals surface area contributed by atoms with Gasteiger partial charge in [0.15, 0.2) is 0 Å². The van der Waals surface area contributed by atoms with Crippen molar-refractivity contribution < 1.29 is 8.42 Å². The molecule has 0 heterocycles. The zero-order chi connectivity index (χ0) is 11.6. The van der Waals surface area contributed by atoms with Crippen LogP contribution in [0.5, 0.6) is 0 Å². The van der Waals surface area contributed by atoms with Gasteiger partial charge in [0.05, 0.1) is 10.9 Å². The van der Waals surface area contributed by atoms with E-state index in [4.69, 9.17) is 0 Å². The molecule has 5 heteroatoms. The molecular weight excluding hydrogens is 337 g/mol. The monoisotopic (exact) mass is 351 g/mol. The maximum absolute atomic E-state index is 12.0. The zero-order valence-corrected chi connectivity index (χ0v) is 11.8. The molecule has 1 fully saturated rings. The minimum absolute atomic E-state index is 0.205. The smallest absolute Gasteiger partial charge is 0.235 e. The summed E-state index contributed by atoms with van der Waals surface area (Å²) in [6.07, 6.45) is 3.63. The number of para-hydroxylation sites is 1. The van der Waals surface area contributed by atoms with Crippen molar-refractivity contribution in [1.82, 2.24) is 0 Å². The molecular formula is C11H14INO2S. The first-order chi connectivity index (χ1) is 7.59. The molecule has 1 aliphatic carbocycles. The second kappa shape index (κ2) is 4.91. The van der Waals surface area contributed by atoms with Crippen LogP contribution in [-0.4, -0.2) is 13.7 Å². The number of nitrogens with one attached hydrogen (secondary N) is 1. The highest BCUT2D eigenvalue weighted by Gasteiger charge is 2.28. The van der Waals surface area contributed by atoms with Gasteiger partial charge in [-0.2, -0.15) is 0 Å². The highest BCUT2D eigenvalue weighted by molar-refractivity contribution is 14.1. The third kappa shape index (κ3) is 2.68. The van der Waals surface area contributed by atoms with Crippen LogP contribution in [0.2, 0.25) is 0 Å². The van der Waals surface area contributed by atoms with Crippen molar-refractivity contribution in [3.8, 4) is 0 Å². The summed E-state index contributed by atoms with van der Waals surface area (Å²) in [5.41, 5.74) is 0.690. The first kappa shape index (κ1) is 12.2. The van der Waals surface area contributed by atoms with Crippen LogP contribution in [0.3, 0.4) is 0 Å². The summed E-state index contributed by atoms with van der Waals surface area (Å²) in [4.78, 5) is 0. The quantitative estimate of drug-likeness (QED) is 0.851. The van der Waals surface area contributed by atoms with Crippen LogP contribution in [0.25, 0.3) is 0 Å². The summed E-state index contributed by atoms with van der Waals surface area (Å²) >= 11 is 2.14. The van der Waals surface area contributed by atoms with Gasteiger partial charge < -0.3 is 0 Å². The van der Waals surface area contributed by atoms with Gasteiger partial charge in [0.1, 0.15) is 0 Å². The van der Waals surface area contributed by atoms with E-state index in [9.17, 15) is 8.42 Å². The number of sulfonamides is 1. The Kier molecular flexibility index (Phi) is 3.73. The Hall–Kier alpha value is -0.300. The number of hydrogen-bond donors (Lipinski definition) is 1. The normalized spacial score (nSPS) is 17.6. The van der Waals surface area contributed by atoms with Crippen LogP contribution < -0.4 is 4.72 Å². The first-order valence-corrected chi connectivity index (χ1v) is 7.98. The topological polar surface area (TPSA) is 46.2 Å². The van der Waals surface area contributed by atoms with Crippen LogP contribution in [0, 0.1) is 3.57 Å². The second-order valence-electron chi connectivity index (χ2n) is 4.03. The number of halogens is 1. The molecule has 88 valence electrons. The summed E-state index contributed by atoms with van der Waals surface area (Å²) in [6, 6.07) is 7.44. The van der Waals surface area contributed by atoms with Crippen molar-refractivity contribution in [2.75, 3.05) is 4.72 Å². The van der Waals surface area contributed by atoms with E-state index in [1.54, 1.807) is 6.07 Å². The first-order valence-electron chi connectivity index (χ1n) is 5.36. The molecule has 1 aromatic rings. The predicted molar refractivity (Wildman–Crippen MR) is 74.0 cm³/mol. The van der Waals surface area contributed by atoms with Crippen molar-refractivity contribution in [2.45, 2.75) is 30.9 Å². The van der Waals surface area contributed by atoms with E-state index in [0.717, 1.165) is 29.3 Å². The van der Waals surface area contributed by atoms with Gasteiger partial charge in [-0.15, -0.1) is 0 Å². The Balaban J connectivity index is 2.18. The van der Waals surface area contributed by atoms with Gasteiger partial charge in [0.2, 0.25) is 10.0 Å². The molecule has 0 spiro atoms. The van der Waals surface area contributed by atoms with E-state index < -0.39 is 10.0 Å². The molecule has 1 saturated carbocycles. The lowest BCUT2D eigenvalue weighted by atomic mass is 10.3. The summed E-state index contributed by atoms with van der Waals surface area (Å²) in [6.45, 7) is 0. The van der Waals surface area contributed by atoms with E-state index in [2.05, 4.69) is 27.3 Å². The Morgan fingerprint density at radius 3 is 2.44 bits per heavy atom. The van der Waals surface area contributed by atoms with E-state index in [1.165, 1.54) is 0 Å². The maximum atomic E-state index is 12.0. The summed E-state index contributed by atoms with van der Waals surface area (Å²) in [7, 11) is -3.19. The molecule has 0 aromatic heterocycles. The van der Waals surface area contributed by atoms with Gasteiger partial charge in [-0.05, 0) is 47.6 Å². The lowest BCUT2D eigenvalue weighted by Gasteiger charge is -2.14. The van der Waals surface area contributed by atoms with E-state index in [1.807, 2.05) is 18.2 Å². The van der Waals surface area contributed by atoms with Crippen LogP contribution in [0.15, 0.2) is 24.3 Å². The van der Waals surface area contributed by atoms with Crippen LogP contribution in [0.1, 0.15) is 25.7 Å². The molecule has 0 radical (unpaired) electrons. The molecule has 0 aliphatic heterocycles. The van der Waals surface area contributed by atoms with Crippen LogP contribution in [0.4, 0.5) is 5.69 Å². The Morgan fingerprint density at radius 2 is 1.81 bits per heavy atom. The van der Waals surface area contributed by atoms with E-state index in [0.29, 0.717) is 5.69 Å². The highest BCUT2D eigenvalue weighted by atomic mass is 127. The molecule has 0 bridgehead atoms. The van der Waals surface area contributed by atoms with E-state index in [-0.39, 0.29) is 5.25 Å². The van der Waals surface area contributed by atoms with Crippen LogP contribution >= 0.6 is 22.6 Å². The minimum Gasteiger partial charge on any atom is -0.282 e. The molecule has 0 amide bonds. The number of rotatable bonds is 3. The number of anilines is 1. The van der Waals surface area contributed by atoms with Gasteiger partial charge in [-0.3, -0.25) is 4.72 Å². The summed E-state index contributed by atoms with van der Waals surface area (Å²) in [5.74, 6) is 0. The van der Waals surface area contributed by atoms with Crippen molar-refractivity contribution >= 4 is 38.3 Å². The van der Waals surface area contributed by atoms with Crippen molar-refractivity contribution in [1.29, 1.82) is 0 Å². The van der Waals surface area contributed by atoms with Crippen molar-refractivity contribution in [3.05, 3.63) is 27.8 Å². The Labute approximate surface area is 110 Å². The molecule has 1 aliphatic rings. The number of benzene rings is 1. The summed E-state index contributed by atoms with van der Waals surface area (Å²) in [5, 5.41) is -0.205. The van der Waals surface area contributed by atoms with Gasteiger partial charge in [0, 0.05) is 3.57 Å². The average molecular weight is 351 g/mol. The molecule has 2 rings (SSSR count). The van der Waals surface area contributed by atoms with Crippen molar-refractivity contribution in [3.63, 3.8) is 0 Å². The number of hydrogen-bond acceptors (Lipinski definition) is 2. The van der Waals surface area contributed by atoms with Gasteiger partial charge in [-0.25, -0.2) is 8.42 Å². The molecule has 1 N–H and O–H groups in total. The molecule has 0 saturated heterocycles. The third-order valence-electron chi connectivity index (χ3n) is 2.87. The third-order valence-corrected chi connectivity index (χ3v) is 5.66.